The summed E-state index contributed by atoms with van der Waals surface area (Å²) in [6, 6.07) is 7.08. The van der Waals surface area contributed by atoms with Gasteiger partial charge >= 0.3 is 5.97 Å². The van der Waals surface area contributed by atoms with Gasteiger partial charge in [-0.3, -0.25) is 9.59 Å². The summed E-state index contributed by atoms with van der Waals surface area (Å²) in [7, 11) is 0. The fraction of sp³-hybridized carbons (Fsp3) is 0.654. The van der Waals surface area contributed by atoms with E-state index in [0.29, 0.717) is 11.3 Å². The molecule has 0 bridgehead atoms. The second-order valence-electron chi connectivity index (χ2n) is 9.43. The molecule has 0 radical (unpaired) electrons. The SMILES string of the molecule is CC1CCCC(C)N1C(=O)COc1ccc(C(=O)OCC(=O)NC2CCCCCCC2)cc1. The first-order valence-corrected chi connectivity index (χ1v) is 12.4. The van der Waals surface area contributed by atoms with E-state index in [-0.39, 0.29) is 43.2 Å². The molecule has 2 amide bonds. The van der Waals surface area contributed by atoms with E-state index in [0.717, 1.165) is 44.9 Å². The molecule has 1 aliphatic heterocycles. The molecule has 7 nitrogen and oxygen atoms in total. The van der Waals surface area contributed by atoms with Crippen LogP contribution in [0.5, 0.6) is 5.75 Å². The number of ether oxygens (including phenoxy) is 2. The predicted octanol–water partition coefficient (Wildman–Crippen LogP) is 4.24. The van der Waals surface area contributed by atoms with Crippen LogP contribution >= 0.6 is 0 Å². The van der Waals surface area contributed by atoms with Gasteiger partial charge in [0.2, 0.25) is 0 Å². The summed E-state index contributed by atoms with van der Waals surface area (Å²) >= 11 is 0. The van der Waals surface area contributed by atoms with Gasteiger partial charge in [0.15, 0.2) is 13.2 Å². The summed E-state index contributed by atoms with van der Waals surface area (Å²) in [5, 5.41) is 2.99. The number of rotatable bonds is 7. The molecule has 1 heterocycles. The quantitative estimate of drug-likeness (QED) is 0.618. The predicted molar refractivity (Wildman–Crippen MR) is 126 cm³/mol. The van der Waals surface area contributed by atoms with Crippen LogP contribution in [0.2, 0.25) is 0 Å². The van der Waals surface area contributed by atoms with Gasteiger partial charge in [-0.05, 0) is 70.2 Å². The summed E-state index contributed by atoms with van der Waals surface area (Å²) in [6.45, 7) is 3.84. The number of esters is 1. The van der Waals surface area contributed by atoms with Crippen molar-refractivity contribution in [2.45, 2.75) is 96.2 Å². The Morgan fingerprint density at radius 1 is 0.848 bits per heavy atom. The zero-order valence-corrected chi connectivity index (χ0v) is 20.0. The number of nitrogens with one attached hydrogen (secondary N) is 1. The van der Waals surface area contributed by atoms with Crippen molar-refractivity contribution in [3.8, 4) is 5.75 Å². The molecular formula is C26H38N2O5. The maximum Gasteiger partial charge on any atom is 0.338 e. The maximum atomic E-state index is 12.6. The summed E-state index contributed by atoms with van der Waals surface area (Å²) in [5.41, 5.74) is 0.339. The number of benzene rings is 1. The van der Waals surface area contributed by atoms with Crippen molar-refractivity contribution < 1.29 is 23.9 Å². The molecule has 1 aromatic rings. The van der Waals surface area contributed by atoms with E-state index < -0.39 is 5.97 Å². The fourth-order valence-electron chi connectivity index (χ4n) is 4.90. The Kier molecular flexibility index (Phi) is 9.58. The third kappa shape index (κ3) is 7.76. The third-order valence-corrected chi connectivity index (χ3v) is 6.74. The average Bonchev–Trinajstić information content (AvgIpc) is 2.78. The molecule has 2 atom stereocenters. The minimum atomic E-state index is -0.554. The van der Waals surface area contributed by atoms with E-state index in [4.69, 9.17) is 9.47 Å². The van der Waals surface area contributed by atoms with E-state index in [1.165, 1.54) is 19.3 Å². The van der Waals surface area contributed by atoms with Gasteiger partial charge < -0.3 is 19.7 Å². The van der Waals surface area contributed by atoms with E-state index in [9.17, 15) is 14.4 Å². The van der Waals surface area contributed by atoms with Crippen molar-refractivity contribution in [1.29, 1.82) is 0 Å². The van der Waals surface area contributed by atoms with Crippen LogP contribution in [0.15, 0.2) is 24.3 Å². The largest absolute Gasteiger partial charge is 0.484 e. The highest BCUT2D eigenvalue weighted by Gasteiger charge is 2.29. The zero-order valence-electron chi connectivity index (χ0n) is 20.0. The van der Waals surface area contributed by atoms with Gasteiger partial charge in [0.1, 0.15) is 5.75 Å². The molecule has 1 aromatic carbocycles. The monoisotopic (exact) mass is 458 g/mol. The second-order valence-corrected chi connectivity index (χ2v) is 9.43. The molecule has 0 aromatic heterocycles. The highest BCUT2D eigenvalue weighted by atomic mass is 16.5. The van der Waals surface area contributed by atoms with Gasteiger partial charge in [-0.25, -0.2) is 4.79 Å². The number of hydrogen-bond acceptors (Lipinski definition) is 5. The molecule has 2 aliphatic rings. The molecule has 1 saturated carbocycles. The van der Waals surface area contributed by atoms with Gasteiger partial charge in [-0.2, -0.15) is 0 Å². The van der Waals surface area contributed by atoms with Crippen LogP contribution in [-0.4, -0.2) is 54.0 Å². The molecule has 182 valence electrons. The molecule has 0 spiro atoms. The molecular weight excluding hydrogens is 420 g/mol. The Balaban J connectivity index is 1.41. The van der Waals surface area contributed by atoms with Gasteiger partial charge in [-0.1, -0.05) is 32.1 Å². The number of nitrogens with zero attached hydrogens (tertiary/aromatic N) is 1. The highest BCUT2D eigenvalue weighted by molar-refractivity contribution is 5.91. The number of carbonyl (C=O) groups is 3. The molecule has 1 N–H and O–H groups in total. The molecule has 1 saturated heterocycles. The lowest BCUT2D eigenvalue weighted by atomic mass is 9.97. The van der Waals surface area contributed by atoms with Crippen molar-refractivity contribution in [2.24, 2.45) is 0 Å². The van der Waals surface area contributed by atoms with Crippen LogP contribution in [0.4, 0.5) is 0 Å². The van der Waals surface area contributed by atoms with Crippen LogP contribution in [0, 0.1) is 0 Å². The normalized spacial score (nSPS) is 22.1. The van der Waals surface area contributed by atoms with E-state index >= 15 is 0 Å². The zero-order chi connectivity index (χ0) is 23.6. The van der Waals surface area contributed by atoms with E-state index in [2.05, 4.69) is 19.2 Å². The minimum absolute atomic E-state index is 0.0199. The van der Waals surface area contributed by atoms with Crippen molar-refractivity contribution in [1.82, 2.24) is 10.2 Å². The van der Waals surface area contributed by atoms with Gasteiger partial charge in [0, 0.05) is 18.1 Å². The maximum absolute atomic E-state index is 12.6. The van der Waals surface area contributed by atoms with Gasteiger partial charge in [0.05, 0.1) is 5.56 Å². The van der Waals surface area contributed by atoms with E-state index in [1.807, 2.05) is 4.90 Å². The first-order valence-electron chi connectivity index (χ1n) is 12.4. The standard InChI is InChI=1S/C26H38N2O5/c1-19-9-8-10-20(2)28(19)25(30)18-32-23-15-13-21(14-16-23)26(31)33-17-24(29)27-22-11-6-4-3-5-7-12-22/h13-16,19-20,22H,3-12,17-18H2,1-2H3,(H,27,29). The number of amides is 2. The van der Waals surface area contributed by atoms with Crippen molar-refractivity contribution in [3.05, 3.63) is 29.8 Å². The average molecular weight is 459 g/mol. The highest BCUT2D eigenvalue weighted by Crippen LogP contribution is 2.23. The number of hydrogen-bond donors (Lipinski definition) is 1. The molecule has 1 aliphatic carbocycles. The summed E-state index contributed by atoms with van der Waals surface area (Å²) in [5.74, 6) is -0.317. The third-order valence-electron chi connectivity index (χ3n) is 6.74. The Hall–Kier alpha value is -2.57. The molecule has 33 heavy (non-hydrogen) atoms. The molecule has 7 heteroatoms. The van der Waals surface area contributed by atoms with Crippen molar-refractivity contribution in [2.75, 3.05) is 13.2 Å². The number of likely N-dealkylation sites (tertiary alicyclic amines) is 1. The Morgan fingerprint density at radius 3 is 2.09 bits per heavy atom. The van der Waals surface area contributed by atoms with Crippen LogP contribution in [-0.2, 0) is 14.3 Å². The summed E-state index contributed by atoms with van der Waals surface area (Å²) < 4.78 is 10.8. The molecule has 3 rings (SSSR count). The first kappa shape index (κ1) is 25.1. The molecule has 2 unspecified atom stereocenters. The fourth-order valence-corrected chi connectivity index (χ4v) is 4.90. The van der Waals surface area contributed by atoms with Crippen LogP contribution in [0.1, 0.15) is 88.4 Å². The van der Waals surface area contributed by atoms with Crippen LogP contribution in [0.3, 0.4) is 0 Å². The van der Waals surface area contributed by atoms with Crippen LogP contribution < -0.4 is 10.1 Å². The topological polar surface area (TPSA) is 84.9 Å². The number of piperidine rings is 1. The Labute approximate surface area is 197 Å². The molecule has 2 fully saturated rings. The lowest BCUT2D eigenvalue weighted by Crippen LogP contribution is -2.49. The summed E-state index contributed by atoms with van der Waals surface area (Å²) in [4.78, 5) is 39.0. The number of carbonyl (C=O) groups excluding carboxylic acids is 3. The van der Waals surface area contributed by atoms with Gasteiger partial charge in [-0.15, -0.1) is 0 Å². The van der Waals surface area contributed by atoms with Crippen molar-refractivity contribution in [3.63, 3.8) is 0 Å². The van der Waals surface area contributed by atoms with E-state index in [1.54, 1.807) is 24.3 Å². The second kappa shape index (κ2) is 12.6. The Bertz CT molecular complexity index is 776. The Morgan fingerprint density at radius 2 is 1.45 bits per heavy atom. The smallest absolute Gasteiger partial charge is 0.338 e. The van der Waals surface area contributed by atoms with Crippen LogP contribution in [0.25, 0.3) is 0 Å². The lowest BCUT2D eigenvalue weighted by Gasteiger charge is -2.38. The first-order chi connectivity index (χ1) is 15.9. The van der Waals surface area contributed by atoms with Gasteiger partial charge in [0.25, 0.3) is 11.8 Å². The summed E-state index contributed by atoms with van der Waals surface area (Å²) in [6.07, 6.45) is 11.1. The van der Waals surface area contributed by atoms with Crippen molar-refractivity contribution >= 4 is 17.8 Å². The lowest BCUT2D eigenvalue weighted by molar-refractivity contribution is -0.139. The minimum Gasteiger partial charge on any atom is -0.484 e.